The summed E-state index contributed by atoms with van der Waals surface area (Å²) in [5.41, 5.74) is 1.81. The molecule has 2 atom stereocenters. The van der Waals surface area contributed by atoms with Gasteiger partial charge in [0.05, 0.1) is 5.60 Å². The molecule has 1 aliphatic rings. The Kier molecular flexibility index (Phi) is 3.34. The van der Waals surface area contributed by atoms with E-state index >= 15 is 0 Å². The molecule has 16 heavy (non-hydrogen) atoms. The lowest BCUT2D eigenvalue weighted by Crippen LogP contribution is -2.38. The minimum absolute atomic E-state index is 0.433. The second-order valence-electron chi connectivity index (χ2n) is 5.09. The van der Waals surface area contributed by atoms with E-state index in [-0.39, 0.29) is 0 Å². The molecule has 1 nitrogen and oxygen atoms in total. The predicted octanol–water partition coefficient (Wildman–Crippen LogP) is 3.78. The maximum atomic E-state index is 11.0. The van der Waals surface area contributed by atoms with E-state index in [2.05, 4.69) is 26.0 Å². The lowest BCUT2D eigenvalue weighted by atomic mass is 9.69. The van der Waals surface area contributed by atoms with Gasteiger partial charge < -0.3 is 5.11 Å². The van der Waals surface area contributed by atoms with Gasteiger partial charge in [0, 0.05) is 0 Å². The summed E-state index contributed by atoms with van der Waals surface area (Å²) in [6.45, 7) is 4.30. The molecule has 0 spiro atoms. The molecule has 2 unspecified atom stereocenters. The van der Waals surface area contributed by atoms with Gasteiger partial charge in [0.15, 0.2) is 0 Å². The van der Waals surface area contributed by atoms with Gasteiger partial charge in [-0.1, -0.05) is 50.5 Å². The monoisotopic (exact) mass is 218 g/mol. The van der Waals surface area contributed by atoms with Crippen LogP contribution in [0.5, 0.6) is 0 Å². The van der Waals surface area contributed by atoms with Crippen molar-refractivity contribution in [3.8, 4) is 0 Å². The van der Waals surface area contributed by atoms with Crippen molar-refractivity contribution in [3.63, 3.8) is 0 Å². The van der Waals surface area contributed by atoms with E-state index in [1.807, 2.05) is 12.1 Å². The van der Waals surface area contributed by atoms with Gasteiger partial charge in [-0.05, 0) is 36.8 Å². The zero-order valence-corrected chi connectivity index (χ0v) is 10.4. The Morgan fingerprint density at radius 2 is 2.06 bits per heavy atom. The van der Waals surface area contributed by atoms with Gasteiger partial charge in [0.2, 0.25) is 0 Å². The average Bonchev–Trinajstić information content (AvgIpc) is 2.30. The highest BCUT2D eigenvalue weighted by Crippen LogP contribution is 2.44. The molecule has 1 aromatic carbocycles. The SMILES string of the molecule is CCC1CCCCC1(O)c1ccccc1C. The fraction of sp³-hybridized carbons (Fsp3) is 0.600. The summed E-state index contributed by atoms with van der Waals surface area (Å²) in [4.78, 5) is 0. The van der Waals surface area contributed by atoms with Crippen LogP contribution in [0.3, 0.4) is 0 Å². The fourth-order valence-electron chi connectivity index (χ4n) is 3.18. The van der Waals surface area contributed by atoms with Gasteiger partial charge in [-0.2, -0.15) is 0 Å². The predicted molar refractivity (Wildman–Crippen MR) is 67.3 cm³/mol. The third-order valence-corrected chi connectivity index (χ3v) is 4.14. The van der Waals surface area contributed by atoms with Crippen molar-refractivity contribution in [3.05, 3.63) is 35.4 Å². The molecular formula is C15H22O. The maximum absolute atomic E-state index is 11.0. The first kappa shape index (κ1) is 11.7. The van der Waals surface area contributed by atoms with Gasteiger partial charge in [0.25, 0.3) is 0 Å². The molecule has 1 aliphatic carbocycles. The van der Waals surface area contributed by atoms with Crippen LogP contribution in [0.1, 0.15) is 50.2 Å². The van der Waals surface area contributed by atoms with Crippen molar-refractivity contribution < 1.29 is 5.11 Å². The third-order valence-electron chi connectivity index (χ3n) is 4.14. The minimum atomic E-state index is -0.571. The van der Waals surface area contributed by atoms with Gasteiger partial charge in [-0.3, -0.25) is 0 Å². The van der Waals surface area contributed by atoms with E-state index in [9.17, 15) is 5.11 Å². The lowest BCUT2D eigenvalue weighted by molar-refractivity contribution is -0.0562. The highest BCUT2D eigenvalue weighted by molar-refractivity contribution is 5.32. The van der Waals surface area contributed by atoms with Crippen molar-refractivity contribution in [2.24, 2.45) is 5.92 Å². The second-order valence-corrected chi connectivity index (χ2v) is 5.09. The molecule has 0 bridgehead atoms. The quantitative estimate of drug-likeness (QED) is 0.801. The maximum Gasteiger partial charge on any atom is 0.0927 e. The zero-order valence-electron chi connectivity index (χ0n) is 10.4. The Morgan fingerprint density at radius 1 is 1.31 bits per heavy atom. The summed E-state index contributed by atoms with van der Waals surface area (Å²) in [5.74, 6) is 0.433. The molecule has 1 aromatic rings. The molecule has 0 amide bonds. The van der Waals surface area contributed by atoms with E-state index in [4.69, 9.17) is 0 Å². The Morgan fingerprint density at radius 3 is 2.75 bits per heavy atom. The van der Waals surface area contributed by atoms with Crippen LogP contribution in [-0.4, -0.2) is 5.11 Å². The molecule has 1 saturated carbocycles. The number of benzene rings is 1. The molecular weight excluding hydrogens is 196 g/mol. The Balaban J connectivity index is 2.39. The summed E-state index contributed by atoms with van der Waals surface area (Å²) in [6, 6.07) is 8.30. The van der Waals surface area contributed by atoms with Crippen LogP contribution in [0.4, 0.5) is 0 Å². The minimum Gasteiger partial charge on any atom is -0.385 e. The number of hydrogen-bond donors (Lipinski definition) is 1. The van der Waals surface area contributed by atoms with E-state index in [0.717, 1.165) is 24.8 Å². The molecule has 1 N–H and O–H groups in total. The van der Waals surface area contributed by atoms with Crippen LogP contribution >= 0.6 is 0 Å². The van der Waals surface area contributed by atoms with Gasteiger partial charge in [-0.25, -0.2) is 0 Å². The summed E-state index contributed by atoms with van der Waals surface area (Å²) in [7, 11) is 0. The Bertz CT molecular complexity index is 358. The van der Waals surface area contributed by atoms with Crippen LogP contribution < -0.4 is 0 Å². The third kappa shape index (κ3) is 1.89. The molecule has 88 valence electrons. The lowest BCUT2D eigenvalue weighted by Gasteiger charge is -2.41. The van der Waals surface area contributed by atoms with Crippen molar-refractivity contribution in [1.82, 2.24) is 0 Å². The largest absolute Gasteiger partial charge is 0.385 e. The first-order chi connectivity index (χ1) is 7.68. The molecule has 2 rings (SSSR count). The molecule has 1 heteroatoms. The van der Waals surface area contributed by atoms with Crippen molar-refractivity contribution in [1.29, 1.82) is 0 Å². The number of aliphatic hydroxyl groups is 1. The first-order valence-electron chi connectivity index (χ1n) is 6.47. The number of rotatable bonds is 2. The average molecular weight is 218 g/mol. The molecule has 0 saturated heterocycles. The van der Waals surface area contributed by atoms with Crippen LogP contribution in [0, 0.1) is 12.8 Å². The highest BCUT2D eigenvalue weighted by atomic mass is 16.3. The van der Waals surface area contributed by atoms with E-state index in [1.54, 1.807) is 0 Å². The van der Waals surface area contributed by atoms with Crippen LogP contribution in [-0.2, 0) is 5.60 Å². The van der Waals surface area contributed by atoms with E-state index < -0.39 is 5.60 Å². The standard InChI is InChI=1S/C15H22O/c1-3-13-9-6-7-11-15(13,16)14-10-5-4-8-12(14)2/h4-5,8,10,13,16H,3,6-7,9,11H2,1-2H3. The van der Waals surface area contributed by atoms with Gasteiger partial charge in [0.1, 0.15) is 0 Å². The van der Waals surface area contributed by atoms with E-state index in [1.165, 1.54) is 18.4 Å². The highest BCUT2D eigenvalue weighted by Gasteiger charge is 2.39. The molecule has 0 heterocycles. The van der Waals surface area contributed by atoms with Crippen LogP contribution in [0.25, 0.3) is 0 Å². The zero-order chi connectivity index (χ0) is 11.6. The van der Waals surface area contributed by atoms with Crippen molar-refractivity contribution in [2.75, 3.05) is 0 Å². The molecule has 0 aliphatic heterocycles. The molecule has 0 radical (unpaired) electrons. The summed E-state index contributed by atoms with van der Waals surface area (Å²) in [5, 5.41) is 11.0. The summed E-state index contributed by atoms with van der Waals surface area (Å²) >= 11 is 0. The van der Waals surface area contributed by atoms with Crippen molar-refractivity contribution >= 4 is 0 Å². The van der Waals surface area contributed by atoms with Gasteiger partial charge in [-0.15, -0.1) is 0 Å². The summed E-state index contributed by atoms with van der Waals surface area (Å²) in [6.07, 6.45) is 5.59. The fourth-order valence-corrected chi connectivity index (χ4v) is 3.18. The Hall–Kier alpha value is -0.820. The number of aryl methyl sites for hydroxylation is 1. The van der Waals surface area contributed by atoms with Crippen LogP contribution in [0.15, 0.2) is 24.3 Å². The normalized spacial score (nSPS) is 30.3. The van der Waals surface area contributed by atoms with Crippen molar-refractivity contribution in [2.45, 2.75) is 51.6 Å². The second kappa shape index (κ2) is 4.58. The molecule has 1 fully saturated rings. The topological polar surface area (TPSA) is 20.2 Å². The van der Waals surface area contributed by atoms with E-state index in [0.29, 0.717) is 5.92 Å². The van der Waals surface area contributed by atoms with Crippen LogP contribution in [0.2, 0.25) is 0 Å². The smallest absolute Gasteiger partial charge is 0.0927 e. The first-order valence-corrected chi connectivity index (χ1v) is 6.47. The van der Waals surface area contributed by atoms with Gasteiger partial charge >= 0.3 is 0 Å². The molecule has 0 aromatic heterocycles. The Labute approximate surface area is 98.5 Å². The number of hydrogen-bond acceptors (Lipinski definition) is 1. The summed E-state index contributed by atoms with van der Waals surface area (Å²) < 4.78 is 0.